The lowest BCUT2D eigenvalue weighted by Crippen LogP contribution is -2.27. The number of hydrogen-bond acceptors (Lipinski definition) is 3. The Bertz CT molecular complexity index is 496. The summed E-state index contributed by atoms with van der Waals surface area (Å²) in [4.78, 5) is 10.1. The van der Waals surface area contributed by atoms with Gasteiger partial charge in [-0.15, -0.1) is 0 Å². The first kappa shape index (κ1) is 9.27. The second-order valence-corrected chi connectivity index (χ2v) is 3.85. The van der Waals surface area contributed by atoms with E-state index in [1.807, 2.05) is 30.5 Å². The Morgan fingerprint density at radius 3 is 3.06 bits per heavy atom. The summed E-state index contributed by atoms with van der Waals surface area (Å²) >= 11 is 0. The first-order valence-electron chi connectivity index (χ1n) is 5.51. The Balaban J connectivity index is 2.00. The topological polar surface area (TPSA) is 44.0 Å². The summed E-state index contributed by atoms with van der Waals surface area (Å²) < 4.78 is 0. The van der Waals surface area contributed by atoms with Gasteiger partial charge in [-0.1, -0.05) is 12.1 Å². The minimum Gasteiger partial charge on any atom is -0.364 e. The highest BCUT2D eigenvalue weighted by molar-refractivity contribution is 5.74. The standard InChI is InChI=1S/C12H14N4/c1-2-16-8-7-13-12(16)11-14-9-5-3-4-6-10(9)15-11/h3-8,12-13H,2H2,1H3,(H,14,15). The van der Waals surface area contributed by atoms with Crippen LogP contribution < -0.4 is 5.32 Å². The molecule has 0 bridgehead atoms. The highest BCUT2D eigenvalue weighted by Crippen LogP contribution is 2.21. The molecule has 1 atom stereocenters. The van der Waals surface area contributed by atoms with E-state index in [1.54, 1.807) is 0 Å². The van der Waals surface area contributed by atoms with E-state index in [0.717, 1.165) is 23.4 Å². The average molecular weight is 214 g/mol. The smallest absolute Gasteiger partial charge is 0.158 e. The van der Waals surface area contributed by atoms with Crippen LogP contribution >= 0.6 is 0 Å². The SMILES string of the molecule is CCN1C=CNC1c1nc2ccccc2[nH]1. The van der Waals surface area contributed by atoms with Crippen molar-refractivity contribution in [2.75, 3.05) is 6.54 Å². The predicted octanol–water partition coefficient (Wildman–Crippen LogP) is 1.96. The number of nitrogens with one attached hydrogen (secondary N) is 2. The molecule has 2 aromatic rings. The van der Waals surface area contributed by atoms with E-state index in [-0.39, 0.29) is 6.17 Å². The summed E-state index contributed by atoms with van der Waals surface area (Å²) in [5.74, 6) is 0.966. The van der Waals surface area contributed by atoms with Crippen LogP contribution in [0.3, 0.4) is 0 Å². The summed E-state index contributed by atoms with van der Waals surface area (Å²) in [5, 5.41) is 3.29. The second-order valence-electron chi connectivity index (χ2n) is 3.85. The number of nitrogens with zero attached hydrogens (tertiary/aromatic N) is 2. The van der Waals surface area contributed by atoms with E-state index in [1.165, 1.54) is 0 Å². The zero-order valence-electron chi connectivity index (χ0n) is 9.14. The van der Waals surface area contributed by atoms with Crippen molar-refractivity contribution in [1.29, 1.82) is 0 Å². The Labute approximate surface area is 94.0 Å². The van der Waals surface area contributed by atoms with Gasteiger partial charge in [-0.3, -0.25) is 0 Å². The van der Waals surface area contributed by atoms with Gasteiger partial charge in [0.1, 0.15) is 0 Å². The fourth-order valence-corrected chi connectivity index (χ4v) is 2.04. The van der Waals surface area contributed by atoms with Crippen molar-refractivity contribution in [3.8, 4) is 0 Å². The first-order chi connectivity index (χ1) is 7.88. The molecule has 3 rings (SSSR count). The maximum absolute atomic E-state index is 4.59. The van der Waals surface area contributed by atoms with Crippen LogP contribution in [0.1, 0.15) is 18.9 Å². The highest BCUT2D eigenvalue weighted by Gasteiger charge is 2.21. The normalized spacial score (nSPS) is 19.3. The molecule has 82 valence electrons. The van der Waals surface area contributed by atoms with E-state index in [2.05, 4.69) is 33.3 Å². The molecule has 0 fully saturated rings. The van der Waals surface area contributed by atoms with Crippen LogP contribution in [0.4, 0.5) is 0 Å². The van der Waals surface area contributed by atoms with Crippen molar-refractivity contribution in [1.82, 2.24) is 20.2 Å². The van der Waals surface area contributed by atoms with Gasteiger partial charge in [0.05, 0.1) is 11.0 Å². The van der Waals surface area contributed by atoms with E-state index >= 15 is 0 Å². The molecule has 1 aliphatic rings. The van der Waals surface area contributed by atoms with Gasteiger partial charge in [0.15, 0.2) is 12.0 Å². The van der Waals surface area contributed by atoms with Crippen molar-refractivity contribution in [2.24, 2.45) is 0 Å². The number of imidazole rings is 1. The van der Waals surface area contributed by atoms with Gasteiger partial charge in [-0.05, 0) is 19.1 Å². The van der Waals surface area contributed by atoms with Crippen LogP contribution in [0, 0.1) is 0 Å². The van der Waals surface area contributed by atoms with Gasteiger partial charge in [-0.2, -0.15) is 0 Å². The average Bonchev–Trinajstić information content (AvgIpc) is 2.94. The van der Waals surface area contributed by atoms with Crippen molar-refractivity contribution in [3.63, 3.8) is 0 Å². The predicted molar refractivity (Wildman–Crippen MR) is 63.5 cm³/mol. The Morgan fingerprint density at radius 1 is 1.38 bits per heavy atom. The Hall–Kier alpha value is -1.97. The monoisotopic (exact) mass is 214 g/mol. The molecule has 1 unspecified atom stereocenters. The fraction of sp³-hybridized carbons (Fsp3) is 0.250. The van der Waals surface area contributed by atoms with Crippen LogP contribution in [-0.2, 0) is 0 Å². The van der Waals surface area contributed by atoms with Crippen molar-refractivity contribution in [3.05, 3.63) is 42.5 Å². The number of para-hydroxylation sites is 2. The van der Waals surface area contributed by atoms with Gasteiger partial charge in [-0.25, -0.2) is 4.98 Å². The fourth-order valence-electron chi connectivity index (χ4n) is 2.04. The summed E-state index contributed by atoms with van der Waals surface area (Å²) in [6.07, 6.45) is 4.15. The number of aromatic amines is 1. The number of H-pyrrole nitrogens is 1. The molecule has 0 saturated heterocycles. The lowest BCUT2D eigenvalue weighted by atomic mass is 10.3. The van der Waals surface area contributed by atoms with Gasteiger partial charge >= 0.3 is 0 Å². The zero-order chi connectivity index (χ0) is 11.0. The molecule has 4 nitrogen and oxygen atoms in total. The third kappa shape index (κ3) is 1.34. The van der Waals surface area contributed by atoms with E-state index in [0.29, 0.717) is 0 Å². The minimum atomic E-state index is 0.136. The molecule has 0 spiro atoms. The van der Waals surface area contributed by atoms with Gasteiger partial charge < -0.3 is 15.2 Å². The quantitative estimate of drug-likeness (QED) is 0.803. The van der Waals surface area contributed by atoms with Crippen LogP contribution in [0.2, 0.25) is 0 Å². The molecular weight excluding hydrogens is 200 g/mol. The van der Waals surface area contributed by atoms with E-state index < -0.39 is 0 Å². The van der Waals surface area contributed by atoms with Crippen LogP contribution in [0.25, 0.3) is 11.0 Å². The van der Waals surface area contributed by atoms with E-state index in [4.69, 9.17) is 0 Å². The largest absolute Gasteiger partial charge is 0.364 e. The maximum atomic E-state index is 4.59. The van der Waals surface area contributed by atoms with Crippen molar-refractivity contribution < 1.29 is 0 Å². The molecule has 0 amide bonds. The summed E-state index contributed by atoms with van der Waals surface area (Å²) in [7, 11) is 0. The van der Waals surface area contributed by atoms with Crippen molar-refractivity contribution in [2.45, 2.75) is 13.1 Å². The van der Waals surface area contributed by atoms with Crippen LogP contribution in [0.15, 0.2) is 36.7 Å². The Kier molecular flexibility index (Phi) is 2.06. The number of benzene rings is 1. The van der Waals surface area contributed by atoms with Crippen LogP contribution in [0.5, 0.6) is 0 Å². The summed E-state index contributed by atoms with van der Waals surface area (Å²) in [6, 6.07) is 8.09. The first-order valence-corrected chi connectivity index (χ1v) is 5.51. The zero-order valence-corrected chi connectivity index (χ0v) is 9.14. The molecule has 0 aliphatic carbocycles. The highest BCUT2D eigenvalue weighted by atomic mass is 15.3. The molecule has 2 N–H and O–H groups in total. The molecule has 0 radical (unpaired) electrons. The number of rotatable bonds is 2. The number of fused-ring (bicyclic) bond motifs is 1. The Morgan fingerprint density at radius 2 is 2.25 bits per heavy atom. The second kappa shape index (κ2) is 3.56. The number of aromatic nitrogens is 2. The van der Waals surface area contributed by atoms with Gasteiger partial charge in [0, 0.05) is 18.9 Å². The summed E-state index contributed by atoms with van der Waals surface area (Å²) in [5.41, 5.74) is 2.10. The van der Waals surface area contributed by atoms with Crippen LogP contribution in [-0.4, -0.2) is 21.4 Å². The summed E-state index contributed by atoms with van der Waals surface area (Å²) in [6.45, 7) is 3.10. The maximum Gasteiger partial charge on any atom is 0.158 e. The third-order valence-electron chi connectivity index (χ3n) is 2.88. The molecule has 2 heterocycles. The van der Waals surface area contributed by atoms with Crippen molar-refractivity contribution >= 4 is 11.0 Å². The van der Waals surface area contributed by atoms with Gasteiger partial charge in [0.2, 0.25) is 0 Å². The molecule has 4 heteroatoms. The lowest BCUT2D eigenvalue weighted by molar-refractivity contribution is 0.287. The molecule has 1 aliphatic heterocycles. The molecule has 0 saturated carbocycles. The molecule has 1 aromatic carbocycles. The van der Waals surface area contributed by atoms with Gasteiger partial charge in [0.25, 0.3) is 0 Å². The molecular formula is C12H14N4. The molecule has 16 heavy (non-hydrogen) atoms. The number of hydrogen-bond donors (Lipinski definition) is 2. The lowest BCUT2D eigenvalue weighted by Gasteiger charge is -2.21. The van der Waals surface area contributed by atoms with E-state index in [9.17, 15) is 0 Å². The molecule has 1 aromatic heterocycles. The third-order valence-corrected chi connectivity index (χ3v) is 2.88. The minimum absolute atomic E-state index is 0.136.